The molecule has 3 heteroatoms. The molecule has 0 saturated heterocycles. The van der Waals surface area contributed by atoms with Crippen LogP contribution in [0.3, 0.4) is 0 Å². The van der Waals surface area contributed by atoms with Crippen molar-refractivity contribution in [1.82, 2.24) is 15.2 Å². The highest BCUT2D eigenvalue weighted by atomic mass is 15.1. The van der Waals surface area contributed by atoms with Crippen LogP contribution in [0.5, 0.6) is 0 Å². The lowest BCUT2D eigenvalue weighted by atomic mass is 9.84. The molecule has 0 fully saturated rings. The van der Waals surface area contributed by atoms with Gasteiger partial charge >= 0.3 is 0 Å². The van der Waals surface area contributed by atoms with Gasteiger partial charge in [-0.15, -0.1) is 0 Å². The SMILES string of the molecule is CCNC(CCN(CC)Cc1ccccn1)C(C)(C)C. The minimum Gasteiger partial charge on any atom is -0.314 e. The van der Waals surface area contributed by atoms with Gasteiger partial charge in [-0.2, -0.15) is 0 Å². The van der Waals surface area contributed by atoms with Crippen LogP contribution in [0, 0.1) is 5.41 Å². The average Bonchev–Trinajstić information content (AvgIpc) is 2.41. The first-order chi connectivity index (χ1) is 9.47. The van der Waals surface area contributed by atoms with Crippen molar-refractivity contribution in [3.05, 3.63) is 30.1 Å². The Morgan fingerprint density at radius 3 is 2.50 bits per heavy atom. The Morgan fingerprint density at radius 2 is 2.00 bits per heavy atom. The zero-order valence-corrected chi connectivity index (χ0v) is 13.8. The second-order valence-corrected chi connectivity index (χ2v) is 6.45. The van der Waals surface area contributed by atoms with E-state index in [1.807, 2.05) is 12.3 Å². The number of nitrogens with zero attached hydrogens (tertiary/aromatic N) is 2. The standard InChI is InChI=1S/C17H31N3/c1-6-18-16(17(3,4)5)11-13-20(7-2)14-15-10-8-9-12-19-15/h8-10,12,16,18H,6-7,11,13-14H2,1-5H3. The van der Waals surface area contributed by atoms with E-state index in [1.54, 1.807) is 0 Å². The molecule has 0 bridgehead atoms. The van der Waals surface area contributed by atoms with Gasteiger partial charge in [-0.05, 0) is 37.1 Å². The Balaban J connectivity index is 2.51. The zero-order chi connectivity index (χ0) is 15.0. The summed E-state index contributed by atoms with van der Waals surface area (Å²) in [6, 6.07) is 6.70. The van der Waals surface area contributed by atoms with E-state index in [0.29, 0.717) is 11.5 Å². The summed E-state index contributed by atoms with van der Waals surface area (Å²) in [4.78, 5) is 6.89. The molecular formula is C17H31N3. The maximum atomic E-state index is 4.42. The first-order valence-electron chi connectivity index (χ1n) is 7.83. The lowest BCUT2D eigenvalue weighted by Gasteiger charge is -2.33. The molecule has 3 nitrogen and oxygen atoms in total. The third-order valence-corrected chi connectivity index (χ3v) is 3.79. The number of aromatic nitrogens is 1. The number of rotatable bonds is 8. The Bertz CT molecular complexity index is 356. The van der Waals surface area contributed by atoms with Crippen LogP contribution in [0.25, 0.3) is 0 Å². The van der Waals surface area contributed by atoms with Crippen LogP contribution in [0.2, 0.25) is 0 Å². The molecule has 0 aliphatic carbocycles. The fraction of sp³-hybridized carbons (Fsp3) is 0.706. The molecule has 0 radical (unpaired) electrons. The molecule has 0 amide bonds. The Morgan fingerprint density at radius 1 is 1.25 bits per heavy atom. The molecule has 0 saturated carbocycles. The quantitative estimate of drug-likeness (QED) is 0.790. The number of nitrogens with one attached hydrogen (secondary N) is 1. The van der Waals surface area contributed by atoms with Crippen LogP contribution >= 0.6 is 0 Å². The molecule has 20 heavy (non-hydrogen) atoms. The fourth-order valence-corrected chi connectivity index (χ4v) is 2.47. The Labute approximate surface area is 124 Å². The first kappa shape index (κ1) is 17.1. The van der Waals surface area contributed by atoms with Crippen LogP contribution in [-0.4, -0.2) is 35.6 Å². The van der Waals surface area contributed by atoms with Gasteiger partial charge in [0.05, 0.1) is 5.69 Å². The highest BCUT2D eigenvalue weighted by molar-refractivity contribution is 5.03. The minimum atomic E-state index is 0.306. The number of hydrogen-bond donors (Lipinski definition) is 1. The first-order valence-corrected chi connectivity index (χ1v) is 7.83. The summed E-state index contributed by atoms with van der Waals surface area (Å²) in [6.45, 7) is 15.5. The summed E-state index contributed by atoms with van der Waals surface area (Å²) < 4.78 is 0. The predicted octanol–water partition coefficient (Wildman–Crippen LogP) is 3.32. The van der Waals surface area contributed by atoms with Gasteiger partial charge in [0.2, 0.25) is 0 Å². The van der Waals surface area contributed by atoms with Gasteiger partial charge in [-0.25, -0.2) is 0 Å². The molecule has 1 N–H and O–H groups in total. The van der Waals surface area contributed by atoms with Crippen molar-refractivity contribution < 1.29 is 0 Å². The third-order valence-electron chi connectivity index (χ3n) is 3.79. The van der Waals surface area contributed by atoms with Gasteiger partial charge in [-0.1, -0.05) is 40.7 Å². The fourth-order valence-electron chi connectivity index (χ4n) is 2.47. The van der Waals surface area contributed by atoms with E-state index in [4.69, 9.17) is 0 Å². The maximum Gasteiger partial charge on any atom is 0.0543 e. The van der Waals surface area contributed by atoms with Crippen LogP contribution in [0.4, 0.5) is 0 Å². The van der Waals surface area contributed by atoms with Gasteiger partial charge in [0, 0.05) is 25.3 Å². The summed E-state index contributed by atoms with van der Waals surface area (Å²) in [5.74, 6) is 0. The van der Waals surface area contributed by atoms with Crippen molar-refractivity contribution in [3.8, 4) is 0 Å². The Hall–Kier alpha value is -0.930. The van der Waals surface area contributed by atoms with E-state index < -0.39 is 0 Å². The maximum absolute atomic E-state index is 4.42. The topological polar surface area (TPSA) is 28.2 Å². The Kier molecular flexibility index (Phi) is 7.17. The highest BCUT2D eigenvalue weighted by Crippen LogP contribution is 2.22. The molecule has 1 unspecified atom stereocenters. The molecule has 1 aromatic heterocycles. The van der Waals surface area contributed by atoms with Gasteiger partial charge in [0.1, 0.15) is 0 Å². The average molecular weight is 277 g/mol. The highest BCUT2D eigenvalue weighted by Gasteiger charge is 2.23. The van der Waals surface area contributed by atoms with E-state index in [2.05, 4.69) is 62.0 Å². The minimum absolute atomic E-state index is 0.306. The summed E-state index contributed by atoms with van der Waals surface area (Å²) in [5, 5.41) is 3.62. The number of pyridine rings is 1. The monoisotopic (exact) mass is 277 g/mol. The third kappa shape index (κ3) is 6.02. The van der Waals surface area contributed by atoms with Crippen molar-refractivity contribution >= 4 is 0 Å². The summed E-state index contributed by atoms with van der Waals surface area (Å²) in [5.41, 5.74) is 1.46. The van der Waals surface area contributed by atoms with Gasteiger partial charge in [0.15, 0.2) is 0 Å². The van der Waals surface area contributed by atoms with Gasteiger partial charge in [-0.3, -0.25) is 9.88 Å². The summed E-state index contributed by atoms with van der Waals surface area (Å²) in [6.07, 6.45) is 3.05. The molecule has 0 aromatic carbocycles. The lowest BCUT2D eigenvalue weighted by molar-refractivity contribution is 0.205. The molecule has 114 valence electrons. The second-order valence-electron chi connectivity index (χ2n) is 6.45. The van der Waals surface area contributed by atoms with Crippen LogP contribution < -0.4 is 5.32 Å². The van der Waals surface area contributed by atoms with Crippen LogP contribution in [-0.2, 0) is 6.54 Å². The molecule has 0 aliphatic rings. The molecular weight excluding hydrogens is 246 g/mol. The van der Waals surface area contributed by atoms with Crippen LogP contribution in [0.1, 0.15) is 46.7 Å². The molecule has 1 aromatic rings. The normalized spacial score (nSPS) is 13.7. The van der Waals surface area contributed by atoms with E-state index in [0.717, 1.165) is 31.9 Å². The van der Waals surface area contributed by atoms with Gasteiger partial charge in [0.25, 0.3) is 0 Å². The van der Waals surface area contributed by atoms with E-state index in [-0.39, 0.29) is 0 Å². The lowest BCUT2D eigenvalue weighted by Crippen LogP contribution is -2.42. The van der Waals surface area contributed by atoms with Crippen molar-refractivity contribution in [2.75, 3.05) is 19.6 Å². The number of hydrogen-bond acceptors (Lipinski definition) is 3. The van der Waals surface area contributed by atoms with Crippen LogP contribution in [0.15, 0.2) is 24.4 Å². The van der Waals surface area contributed by atoms with E-state index >= 15 is 0 Å². The molecule has 1 rings (SSSR count). The summed E-state index contributed by atoms with van der Waals surface area (Å²) in [7, 11) is 0. The molecule has 0 spiro atoms. The predicted molar refractivity (Wildman–Crippen MR) is 86.7 cm³/mol. The molecule has 1 atom stereocenters. The van der Waals surface area contributed by atoms with Crippen molar-refractivity contribution in [1.29, 1.82) is 0 Å². The molecule has 0 aliphatic heterocycles. The molecule has 1 heterocycles. The summed E-state index contributed by atoms with van der Waals surface area (Å²) >= 11 is 0. The van der Waals surface area contributed by atoms with Crippen molar-refractivity contribution in [2.45, 2.75) is 53.6 Å². The second kappa shape index (κ2) is 8.38. The van der Waals surface area contributed by atoms with Crippen molar-refractivity contribution in [2.24, 2.45) is 5.41 Å². The van der Waals surface area contributed by atoms with Gasteiger partial charge < -0.3 is 5.32 Å². The van der Waals surface area contributed by atoms with E-state index in [1.165, 1.54) is 6.42 Å². The van der Waals surface area contributed by atoms with Crippen molar-refractivity contribution in [3.63, 3.8) is 0 Å². The largest absolute Gasteiger partial charge is 0.314 e. The van der Waals surface area contributed by atoms with E-state index in [9.17, 15) is 0 Å². The zero-order valence-electron chi connectivity index (χ0n) is 13.8. The smallest absolute Gasteiger partial charge is 0.0543 e.